The van der Waals surface area contributed by atoms with Gasteiger partial charge in [0.2, 0.25) is 0 Å². The maximum atomic E-state index is 9.70. The van der Waals surface area contributed by atoms with Crippen LogP contribution in [0.25, 0.3) is 0 Å². The zero-order valence-electron chi connectivity index (χ0n) is 13.4. The number of aliphatic hydroxyl groups is 1. The lowest BCUT2D eigenvalue weighted by Gasteiger charge is -2.33. The molecular formula is C19H28N2O. The van der Waals surface area contributed by atoms with E-state index in [-0.39, 0.29) is 6.10 Å². The van der Waals surface area contributed by atoms with Crippen LogP contribution >= 0.6 is 0 Å². The molecule has 1 aromatic rings. The fraction of sp³-hybridized carbons (Fsp3) is 0.684. The maximum Gasteiger partial charge on any atom is 0.0602 e. The van der Waals surface area contributed by atoms with E-state index in [1.54, 1.807) is 0 Å². The van der Waals surface area contributed by atoms with Crippen LogP contribution in [-0.2, 0) is 0 Å². The lowest BCUT2D eigenvalue weighted by Crippen LogP contribution is -2.36. The Morgan fingerprint density at radius 2 is 1.82 bits per heavy atom. The maximum absolute atomic E-state index is 9.70. The first kappa shape index (κ1) is 14.4. The number of rotatable bonds is 4. The summed E-state index contributed by atoms with van der Waals surface area (Å²) in [4.78, 5) is 2.42. The Kier molecular flexibility index (Phi) is 4.00. The molecule has 0 aromatic heterocycles. The number of fused-ring (bicyclic) bond motifs is 1. The first-order valence-corrected chi connectivity index (χ1v) is 9.05. The largest absolute Gasteiger partial charge is 0.393 e. The lowest BCUT2D eigenvalue weighted by molar-refractivity contribution is 0.145. The fourth-order valence-electron chi connectivity index (χ4n) is 4.39. The molecule has 3 heteroatoms. The Balaban J connectivity index is 1.38. The van der Waals surface area contributed by atoms with E-state index in [0.717, 1.165) is 50.2 Å². The number of piperidine rings is 1. The van der Waals surface area contributed by atoms with E-state index in [2.05, 4.69) is 34.5 Å². The molecular weight excluding hydrogens is 272 g/mol. The summed E-state index contributed by atoms with van der Waals surface area (Å²) in [7, 11) is 0. The molecule has 1 aromatic carbocycles. The number of benzene rings is 1. The van der Waals surface area contributed by atoms with Crippen LogP contribution in [0.15, 0.2) is 24.3 Å². The van der Waals surface area contributed by atoms with E-state index in [1.807, 2.05) is 0 Å². The first-order chi connectivity index (χ1) is 10.8. The minimum atomic E-state index is -0.106. The lowest BCUT2D eigenvalue weighted by atomic mass is 9.89. The monoisotopic (exact) mass is 300 g/mol. The van der Waals surface area contributed by atoms with Crippen LogP contribution in [0.4, 0.5) is 11.4 Å². The van der Waals surface area contributed by atoms with Crippen molar-refractivity contribution in [1.29, 1.82) is 0 Å². The quantitative estimate of drug-likeness (QED) is 0.893. The average molecular weight is 300 g/mol. The number of nitrogens with zero attached hydrogens (tertiary/aromatic N) is 1. The standard InChI is InChI=1S/C19H28N2O/c22-17-7-9-21(10-8-17)19-4-2-1-3-18(19)20-13-14-5-6-15-12-16(15)11-14/h1-4,14-17,20,22H,5-13H2. The second-order valence-corrected chi connectivity index (χ2v) is 7.55. The van der Waals surface area contributed by atoms with E-state index in [9.17, 15) is 5.11 Å². The molecule has 2 N–H and O–H groups in total. The molecule has 1 heterocycles. The molecule has 0 bridgehead atoms. The smallest absolute Gasteiger partial charge is 0.0602 e. The highest BCUT2D eigenvalue weighted by Gasteiger charge is 2.41. The molecule has 3 unspecified atom stereocenters. The van der Waals surface area contributed by atoms with Crippen molar-refractivity contribution < 1.29 is 5.11 Å². The first-order valence-electron chi connectivity index (χ1n) is 9.05. The second kappa shape index (κ2) is 6.11. The van der Waals surface area contributed by atoms with Crippen molar-refractivity contribution in [2.75, 3.05) is 29.9 Å². The minimum Gasteiger partial charge on any atom is -0.393 e. The third kappa shape index (κ3) is 3.10. The normalized spacial score (nSPS) is 31.7. The number of anilines is 2. The number of hydrogen-bond donors (Lipinski definition) is 2. The van der Waals surface area contributed by atoms with Crippen LogP contribution in [0.2, 0.25) is 0 Å². The van der Waals surface area contributed by atoms with Crippen LogP contribution in [0.5, 0.6) is 0 Å². The molecule has 0 radical (unpaired) electrons. The van der Waals surface area contributed by atoms with Gasteiger partial charge in [0.25, 0.3) is 0 Å². The number of para-hydroxylation sites is 2. The molecule has 2 aliphatic carbocycles. The number of hydrogen-bond acceptors (Lipinski definition) is 3. The predicted octanol–water partition coefficient (Wildman–Crippen LogP) is 3.50. The van der Waals surface area contributed by atoms with Gasteiger partial charge >= 0.3 is 0 Å². The number of aliphatic hydroxyl groups excluding tert-OH is 1. The summed E-state index contributed by atoms with van der Waals surface area (Å²) in [6, 6.07) is 8.68. The summed E-state index contributed by atoms with van der Waals surface area (Å²) >= 11 is 0. The van der Waals surface area contributed by atoms with E-state index >= 15 is 0 Å². The van der Waals surface area contributed by atoms with Crippen LogP contribution < -0.4 is 10.2 Å². The fourth-order valence-corrected chi connectivity index (χ4v) is 4.39. The Morgan fingerprint density at radius 1 is 1.00 bits per heavy atom. The van der Waals surface area contributed by atoms with Gasteiger partial charge in [0, 0.05) is 19.6 Å². The highest BCUT2D eigenvalue weighted by molar-refractivity contribution is 5.70. The van der Waals surface area contributed by atoms with Crippen molar-refractivity contribution in [1.82, 2.24) is 0 Å². The molecule has 3 aliphatic rings. The second-order valence-electron chi connectivity index (χ2n) is 7.55. The Hall–Kier alpha value is -1.22. The van der Waals surface area contributed by atoms with Crippen molar-refractivity contribution in [3.05, 3.63) is 24.3 Å². The van der Waals surface area contributed by atoms with Gasteiger partial charge in [-0.2, -0.15) is 0 Å². The Labute approximate surface area is 133 Å². The van der Waals surface area contributed by atoms with Gasteiger partial charge in [-0.3, -0.25) is 0 Å². The molecule has 22 heavy (non-hydrogen) atoms. The molecule has 4 rings (SSSR count). The van der Waals surface area contributed by atoms with Gasteiger partial charge in [0.15, 0.2) is 0 Å². The minimum absolute atomic E-state index is 0.106. The third-order valence-corrected chi connectivity index (χ3v) is 5.94. The summed E-state index contributed by atoms with van der Waals surface area (Å²) in [5.74, 6) is 3.00. The van der Waals surface area contributed by atoms with Gasteiger partial charge in [-0.05, 0) is 68.4 Å². The summed E-state index contributed by atoms with van der Waals surface area (Å²) in [6.07, 6.45) is 7.48. The van der Waals surface area contributed by atoms with Crippen molar-refractivity contribution in [3.63, 3.8) is 0 Å². The van der Waals surface area contributed by atoms with Crippen LogP contribution in [0.3, 0.4) is 0 Å². The molecule has 1 saturated heterocycles. The highest BCUT2D eigenvalue weighted by atomic mass is 16.3. The molecule has 120 valence electrons. The van der Waals surface area contributed by atoms with Gasteiger partial charge in [-0.25, -0.2) is 0 Å². The van der Waals surface area contributed by atoms with Gasteiger partial charge in [-0.15, -0.1) is 0 Å². The summed E-state index contributed by atoms with van der Waals surface area (Å²) in [5, 5.41) is 13.4. The van der Waals surface area contributed by atoms with Crippen molar-refractivity contribution in [2.24, 2.45) is 17.8 Å². The van der Waals surface area contributed by atoms with Crippen molar-refractivity contribution >= 4 is 11.4 Å². The zero-order valence-corrected chi connectivity index (χ0v) is 13.4. The van der Waals surface area contributed by atoms with Gasteiger partial charge in [0.1, 0.15) is 0 Å². The van der Waals surface area contributed by atoms with E-state index in [1.165, 1.54) is 37.1 Å². The van der Waals surface area contributed by atoms with Crippen molar-refractivity contribution in [3.8, 4) is 0 Å². The average Bonchev–Trinajstić information content (AvgIpc) is 3.33. The SMILES string of the molecule is OC1CCN(c2ccccc2NCC2CCC3CC3C2)CC1. The van der Waals surface area contributed by atoms with Crippen LogP contribution in [0.1, 0.15) is 38.5 Å². The highest BCUT2D eigenvalue weighted by Crippen LogP contribution is 2.51. The molecule has 3 atom stereocenters. The molecule has 1 aliphatic heterocycles. The van der Waals surface area contributed by atoms with Gasteiger partial charge in [0.05, 0.1) is 17.5 Å². The van der Waals surface area contributed by atoms with Crippen LogP contribution in [0, 0.1) is 17.8 Å². The Bertz CT molecular complexity index is 510. The summed E-state index contributed by atoms with van der Waals surface area (Å²) in [5.41, 5.74) is 2.59. The molecule has 3 nitrogen and oxygen atoms in total. The summed E-state index contributed by atoms with van der Waals surface area (Å²) in [6.45, 7) is 3.05. The third-order valence-electron chi connectivity index (χ3n) is 5.94. The zero-order chi connectivity index (χ0) is 14.9. The topological polar surface area (TPSA) is 35.5 Å². The van der Waals surface area contributed by atoms with E-state index in [0.29, 0.717) is 0 Å². The van der Waals surface area contributed by atoms with Crippen LogP contribution in [-0.4, -0.2) is 30.8 Å². The van der Waals surface area contributed by atoms with E-state index in [4.69, 9.17) is 0 Å². The summed E-state index contributed by atoms with van der Waals surface area (Å²) < 4.78 is 0. The van der Waals surface area contributed by atoms with Gasteiger partial charge in [-0.1, -0.05) is 12.1 Å². The predicted molar refractivity (Wildman–Crippen MR) is 91.3 cm³/mol. The Morgan fingerprint density at radius 3 is 2.64 bits per heavy atom. The molecule has 3 fully saturated rings. The van der Waals surface area contributed by atoms with Crippen molar-refractivity contribution in [2.45, 2.75) is 44.6 Å². The van der Waals surface area contributed by atoms with Gasteiger partial charge < -0.3 is 15.3 Å². The number of nitrogens with one attached hydrogen (secondary N) is 1. The molecule has 2 saturated carbocycles. The van der Waals surface area contributed by atoms with E-state index < -0.39 is 0 Å². The molecule has 0 amide bonds. The molecule has 0 spiro atoms.